The van der Waals surface area contributed by atoms with E-state index >= 15 is 0 Å². The lowest BCUT2D eigenvalue weighted by Crippen LogP contribution is -2.62. The summed E-state index contributed by atoms with van der Waals surface area (Å²) in [5, 5.41) is 9.91. The topological polar surface area (TPSA) is 82.1 Å². The van der Waals surface area contributed by atoms with Crippen molar-refractivity contribution < 1.29 is 28.9 Å². The third-order valence-corrected chi connectivity index (χ3v) is 8.68. The fourth-order valence-corrected chi connectivity index (χ4v) is 6.55. The van der Waals surface area contributed by atoms with Crippen LogP contribution in [0.4, 0.5) is 0 Å². The lowest BCUT2D eigenvalue weighted by atomic mass is 9.69. The quantitative estimate of drug-likeness (QED) is 0.611. The van der Waals surface area contributed by atoms with E-state index in [1.807, 2.05) is 20.8 Å². The van der Waals surface area contributed by atoms with Crippen LogP contribution in [0.2, 0.25) is 10.0 Å². The number of aliphatic hydroxyl groups excluding tert-OH is 1. The minimum absolute atomic E-state index is 0.00000864. The van der Waals surface area contributed by atoms with Gasteiger partial charge in [-0.05, 0) is 55.7 Å². The summed E-state index contributed by atoms with van der Waals surface area (Å²) >= 11 is 12.1. The van der Waals surface area contributed by atoms with E-state index in [-0.39, 0.29) is 22.8 Å². The Hall–Kier alpha value is -1.34. The van der Waals surface area contributed by atoms with Gasteiger partial charge >= 0.3 is 11.9 Å². The van der Waals surface area contributed by atoms with Crippen LogP contribution in [0.15, 0.2) is 18.2 Å². The molecule has 0 radical (unpaired) electrons. The molecule has 8 heteroatoms. The van der Waals surface area contributed by atoms with E-state index in [1.54, 1.807) is 12.1 Å². The van der Waals surface area contributed by atoms with E-state index in [0.717, 1.165) is 12.8 Å². The van der Waals surface area contributed by atoms with Gasteiger partial charge in [-0.3, -0.25) is 0 Å². The Morgan fingerprint density at radius 1 is 1.22 bits per heavy atom. The molecular formula is C24H30Cl2O6. The van der Waals surface area contributed by atoms with Crippen LogP contribution in [0, 0.1) is 23.7 Å². The molecule has 1 aromatic carbocycles. The van der Waals surface area contributed by atoms with E-state index in [0.29, 0.717) is 22.9 Å². The number of halogens is 2. The molecule has 6 nitrogen and oxygen atoms in total. The molecule has 0 spiro atoms. The molecule has 0 amide bonds. The third-order valence-electron chi connectivity index (χ3n) is 7.95. The molecule has 176 valence electrons. The SMILES string of the molecule is CC(C)C12C[C@@H](OC(=O)CO)[C@@](C)(O1)[C@@H]1CC[C@@H](C)[C@H]1[C@@H]2OC(=O)c1ccc(Cl)c(Cl)c1. The molecule has 3 aliphatic rings. The van der Waals surface area contributed by atoms with Crippen molar-refractivity contribution >= 4 is 35.1 Å². The van der Waals surface area contributed by atoms with E-state index < -0.39 is 42.0 Å². The third kappa shape index (κ3) is 3.64. The van der Waals surface area contributed by atoms with Crippen LogP contribution in [0.25, 0.3) is 0 Å². The Kier molecular flexibility index (Phi) is 6.29. The molecule has 3 fully saturated rings. The van der Waals surface area contributed by atoms with Crippen LogP contribution in [-0.4, -0.2) is 47.1 Å². The first-order valence-electron chi connectivity index (χ1n) is 11.2. The van der Waals surface area contributed by atoms with Crippen molar-refractivity contribution in [3.8, 4) is 0 Å². The van der Waals surface area contributed by atoms with Crippen LogP contribution in [0.1, 0.15) is 57.3 Å². The highest BCUT2D eigenvalue weighted by Gasteiger charge is 2.72. The normalized spacial score (nSPS) is 37.9. The van der Waals surface area contributed by atoms with Gasteiger partial charge in [0.25, 0.3) is 0 Å². The smallest absolute Gasteiger partial charge is 0.338 e. The van der Waals surface area contributed by atoms with Gasteiger partial charge in [0, 0.05) is 12.3 Å². The summed E-state index contributed by atoms with van der Waals surface area (Å²) in [6, 6.07) is 4.69. The average Bonchev–Trinajstić information content (AvgIpc) is 3.25. The maximum Gasteiger partial charge on any atom is 0.338 e. The van der Waals surface area contributed by atoms with Crippen LogP contribution < -0.4 is 0 Å². The Morgan fingerprint density at radius 3 is 2.56 bits per heavy atom. The molecule has 1 saturated carbocycles. The zero-order valence-corrected chi connectivity index (χ0v) is 20.3. The van der Waals surface area contributed by atoms with E-state index in [1.165, 1.54) is 6.07 Å². The predicted molar refractivity (Wildman–Crippen MR) is 120 cm³/mol. The molecule has 32 heavy (non-hydrogen) atoms. The van der Waals surface area contributed by atoms with Gasteiger partial charge in [0.05, 0.1) is 15.6 Å². The summed E-state index contributed by atoms with van der Waals surface area (Å²) in [4.78, 5) is 25.2. The van der Waals surface area contributed by atoms with Crippen LogP contribution >= 0.6 is 23.2 Å². The molecule has 2 saturated heterocycles. The van der Waals surface area contributed by atoms with Crippen molar-refractivity contribution in [1.29, 1.82) is 0 Å². The number of esters is 2. The first kappa shape index (κ1) is 23.8. The number of benzene rings is 1. The number of rotatable bonds is 5. The molecule has 7 atom stereocenters. The maximum atomic E-state index is 13.2. The second-order valence-electron chi connectivity index (χ2n) is 9.93. The van der Waals surface area contributed by atoms with E-state index in [2.05, 4.69) is 6.92 Å². The number of ether oxygens (including phenoxy) is 3. The Labute approximate surface area is 198 Å². The van der Waals surface area contributed by atoms with Gasteiger partial charge in [-0.25, -0.2) is 9.59 Å². The molecule has 2 heterocycles. The number of carbonyl (C=O) groups is 2. The summed E-state index contributed by atoms with van der Waals surface area (Å²) in [6.45, 7) is 7.58. The van der Waals surface area contributed by atoms with Gasteiger partial charge in [0.1, 0.15) is 30.0 Å². The summed E-state index contributed by atoms with van der Waals surface area (Å²) < 4.78 is 18.7. The largest absolute Gasteiger partial charge is 0.457 e. The zero-order chi connectivity index (χ0) is 23.4. The fraction of sp³-hybridized carbons (Fsp3) is 0.667. The van der Waals surface area contributed by atoms with Crippen molar-refractivity contribution in [3.63, 3.8) is 0 Å². The monoisotopic (exact) mass is 484 g/mol. The van der Waals surface area contributed by atoms with Gasteiger partial charge in [0.2, 0.25) is 0 Å². The Morgan fingerprint density at radius 2 is 1.94 bits per heavy atom. The highest BCUT2D eigenvalue weighted by atomic mass is 35.5. The van der Waals surface area contributed by atoms with Gasteiger partial charge < -0.3 is 19.3 Å². The second-order valence-corrected chi connectivity index (χ2v) is 10.7. The van der Waals surface area contributed by atoms with Crippen molar-refractivity contribution in [2.45, 2.75) is 70.4 Å². The maximum absolute atomic E-state index is 13.2. The molecular weight excluding hydrogens is 455 g/mol. The second kappa shape index (κ2) is 8.46. The summed E-state index contributed by atoms with van der Waals surface area (Å²) in [6.07, 6.45) is 1.26. The number of hydrogen-bond donors (Lipinski definition) is 1. The summed E-state index contributed by atoms with van der Waals surface area (Å²) in [5.74, 6) is -0.691. The molecule has 2 aliphatic heterocycles. The van der Waals surface area contributed by atoms with Crippen molar-refractivity contribution in [1.82, 2.24) is 0 Å². The summed E-state index contributed by atoms with van der Waals surface area (Å²) in [5.41, 5.74) is -1.17. The number of hydrogen-bond acceptors (Lipinski definition) is 6. The van der Waals surface area contributed by atoms with Crippen LogP contribution in [0.5, 0.6) is 0 Å². The van der Waals surface area contributed by atoms with Crippen molar-refractivity contribution in [2.24, 2.45) is 23.7 Å². The number of carbonyl (C=O) groups excluding carboxylic acids is 2. The van der Waals surface area contributed by atoms with Crippen molar-refractivity contribution in [2.75, 3.05) is 6.61 Å². The summed E-state index contributed by atoms with van der Waals surface area (Å²) in [7, 11) is 0. The Bertz CT molecular complexity index is 920. The fourth-order valence-electron chi connectivity index (χ4n) is 6.25. The average molecular weight is 485 g/mol. The minimum atomic E-state index is -0.805. The molecule has 2 bridgehead atoms. The van der Waals surface area contributed by atoms with Crippen LogP contribution in [-0.2, 0) is 19.0 Å². The zero-order valence-electron chi connectivity index (χ0n) is 18.8. The standard InChI is InChI=1S/C24H30Cl2O6/c1-12(2)24-10-18(30-19(28)11-27)23(4,32-24)15-7-5-13(3)20(15)21(24)31-22(29)14-6-8-16(25)17(26)9-14/h6,8-9,12-13,15,18,20-21,27H,5,7,10-11H2,1-4H3/t13-,15-,18-,20-,21+,23+,24?/m1/s1. The molecule has 1 aliphatic carbocycles. The molecule has 4 rings (SSSR count). The number of fused-ring (bicyclic) bond motifs is 4. The van der Waals surface area contributed by atoms with Gasteiger partial charge in [-0.1, -0.05) is 44.0 Å². The highest BCUT2D eigenvalue weighted by Crippen LogP contribution is 2.63. The molecule has 1 N–H and O–H groups in total. The molecule has 1 unspecified atom stereocenters. The van der Waals surface area contributed by atoms with Gasteiger partial charge in [0.15, 0.2) is 0 Å². The van der Waals surface area contributed by atoms with Gasteiger partial charge in [-0.15, -0.1) is 0 Å². The lowest BCUT2D eigenvalue weighted by molar-refractivity contribution is -0.259. The molecule has 1 aromatic rings. The Balaban J connectivity index is 1.73. The van der Waals surface area contributed by atoms with Crippen molar-refractivity contribution in [3.05, 3.63) is 33.8 Å². The first-order chi connectivity index (χ1) is 15.0. The van der Waals surface area contributed by atoms with E-state index in [9.17, 15) is 14.7 Å². The predicted octanol–water partition coefficient (Wildman–Crippen LogP) is 4.67. The highest BCUT2D eigenvalue weighted by molar-refractivity contribution is 6.42. The first-order valence-corrected chi connectivity index (χ1v) is 12.0. The minimum Gasteiger partial charge on any atom is -0.457 e. The number of aliphatic hydroxyl groups is 1. The lowest BCUT2D eigenvalue weighted by Gasteiger charge is -2.53. The van der Waals surface area contributed by atoms with Gasteiger partial charge in [-0.2, -0.15) is 0 Å². The van der Waals surface area contributed by atoms with Crippen LogP contribution in [0.3, 0.4) is 0 Å². The van der Waals surface area contributed by atoms with E-state index in [4.69, 9.17) is 37.4 Å². The molecule has 0 aromatic heterocycles.